The summed E-state index contributed by atoms with van der Waals surface area (Å²) in [6, 6.07) is 11.6. The van der Waals surface area contributed by atoms with Gasteiger partial charge in [-0.2, -0.15) is 0 Å². The summed E-state index contributed by atoms with van der Waals surface area (Å²) in [5, 5.41) is 15.2. The van der Waals surface area contributed by atoms with Crippen molar-refractivity contribution in [2.45, 2.75) is 70.6 Å². The number of anilines is 1. The zero-order chi connectivity index (χ0) is 25.8. The maximum Gasteiger partial charge on any atom is 0.227 e. The first-order valence-electron chi connectivity index (χ1n) is 12.7. The molecule has 9 heteroatoms. The predicted octanol–water partition coefficient (Wildman–Crippen LogP) is 6.96. The molecule has 1 saturated heterocycles. The Morgan fingerprint density at radius 1 is 1.00 bits per heavy atom. The lowest BCUT2D eigenvalue weighted by Gasteiger charge is -2.31. The van der Waals surface area contributed by atoms with E-state index in [2.05, 4.69) is 27.9 Å². The first-order chi connectivity index (χ1) is 17.8. The van der Waals surface area contributed by atoms with Gasteiger partial charge in [0.2, 0.25) is 5.91 Å². The number of aliphatic hydroxyl groups excluding tert-OH is 1. The van der Waals surface area contributed by atoms with E-state index < -0.39 is 0 Å². The van der Waals surface area contributed by atoms with Gasteiger partial charge in [-0.25, -0.2) is 4.98 Å². The van der Waals surface area contributed by atoms with Crippen molar-refractivity contribution in [1.29, 1.82) is 0 Å². The van der Waals surface area contributed by atoms with Crippen LogP contribution in [-0.4, -0.2) is 31.8 Å². The van der Waals surface area contributed by atoms with Crippen molar-refractivity contribution in [1.82, 2.24) is 14.7 Å². The number of fused-ring (bicyclic) bond motifs is 1. The monoisotopic (exact) mass is 538 g/mol. The number of aliphatic hydroxyl groups is 1. The molecule has 2 fully saturated rings. The van der Waals surface area contributed by atoms with Crippen LogP contribution in [-0.2, 0) is 4.79 Å². The van der Waals surface area contributed by atoms with Crippen LogP contribution in [0.1, 0.15) is 67.9 Å². The molecule has 1 saturated carbocycles. The van der Waals surface area contributed by atoms with Crippen molar-refractivity contribution in [3.63, 3.8) is 0 Å². The normalized spacial score (nSPS) is 22.4. The minimum absolute atomic E-state index is 0.0393. The van der Waals surface area contributed by atoms with Crippen molar-refractivity contribution in [2.24, 2.45) is 0 Å². The van der Waals surface area contributed by atoms with Gasteiger partial charge in [-0.15, -0.1) is 0 Å². The van der Waals surface area contributed by atoms with E-state index >= 15 is 0 Å². The molecule has 1 N–H and O–H groups in total. The van der Waals surface area contributed by atoms with E-state index in [1.807, 2.05) is 24.8 Å². The molecule has 2 aromatic carbocycles. The Hall–Kier alpha value is -2.87. The fourth-order valence-electron chi connectivity index (χ4n) is 5.99. The largest absolute Gasteiger partial charge is 0.393 e. The van der Waals surface area contributed by atoms with Crippen LogP contribution in [0.15, 0.2) is 40.9 Å². The Kier molecular flexibility index (Phi) is 6.25. The van der Waals surface area contributed by atoms with Crippen molar-refractivity contribution in [3.05, 3.63) is 63.7 Å². The van der Waals surface area contributed by atoms with Crippen LogP contribution >= 0.6 is 23.2 Å². The van der Waals surface area contributed by atoms with Gasteiger partial charge in [0.25, 0.3) is 0 Å². The average Bonchev–Trinajstić information content (AvgIpc) is 3.55. The van der Waals surface area contributed by atoms with Crippen LogP contribution < -0.4 is 4.90 Å². The zero-order valence-electron chi connectivity index (χ0n) is 20.7. The van der Waals surface area contributed by atoms with E-state index in [0.717, 1.165) is 70.8 Å². The number of carbonyl (C=O) groups is 1. The number of imidazole rings is 1. The molecular formula is C28H28Cl2N4O3. The topological polar surface area (TPSA) is 84.4 Å². The molecule has 192 valence electrons. The highest BCUT2D eigenvalue weighted by Crippen LogP contribution is 2.43. The number of aromatic nitrogens is 3. The summed E-state index contributed by atoms with van der Waals surface area (Å²) in [6.07, 6.45) is 4.05. The third-order valence-corrected chi connectivity index (χ3v) is 8.50. The van der Waals surface area contributed by atoms with Gasteiger partial charge in [-0.1, -0.05) is 34.4 Å². The lowest BCUT2D eigenvalue weighted by Crippen LogP contribution is -2.30. The molecule has 1 aliphatic heterocycles. The summed E-state index contributed by atoms with van der Waals surface area (Å²) < 4.78 is 7.72. The van der Waals surface area contributed by atoms with Crippen LogP contribution in [0.25, 0.3) is 22.2 Å². The van der Waals surface area contributed by atoms with E-state index in [1.54, 1.807) is 12.1 Å². The Morgan fingerprint density at radius 2 is 1.78 bits per heavy atom. The molecule has 0 bridgehead atoms. The minimum Gasteiger partial charge on any atom is -0.393 e. The third-order valence-electron chi connectivity index (χ3n) is 7.76. The number of hydrogen-bond acceptors (Lipinski definition) is 5. The van der Waals surface area contributed by atoms with Gasteiger partial charge in [0.15, 0.2) is 0 Å². The molecule has 0 spiro atoms. The quantitative estimate of drug-likeness (QED) is 0.303. The molecule has 37 heavy (non-hydrogen) atoms. The summed E-state index contributed by atoms with van der Waals surface area (Å²) in [7, 11) is 0. The first kappa shape index (κ1) is 24.5. The average molecular weight is 539 g/mol. The summed E-state index contributed by atoms with van der Waals surface area (Å²) in [5.74, 6) is 1.67. The number of halogens is 2. The van der Waals surface area contributed by atoms with Crippen LogP contribution in [0.2, 0.25) is 10.0 Å². The molecule has 3 heterocycles. The van der Waals surface area contributed by atoms with Crippen molar-refractivity contribution in [3.8, 4) is 11.1 Å². The van der Waals surface area contributed by atoms with E-state index in [1.165, 1.54) is 0 Å². The van der Waals surface area contributed by atoms with Crippen LogP contribution in [0.4, 0.5) is 5.69 Å². The maximum atomic E-state index is 13.1. The second-order valence-electron chi connectivity index (χ2n) is 10.1. The molecule has 1 atom stereocenters. The third kappa shape index (κ3) is 4.23. The number of rotatable bonds is 4. The van der Waals surface area contributed by atoms with Crippen LogP contribution in [0.3, 0.4) is 0 Å². The molecule has 6 rings (SSSR count). The molecule has 4 aromatic rings. The second kappa shape index (κ2) is 9.46. The number of hydrogen-bond donors (Lipinski definition) is 1. The molecule has 1 amide bonds. The summed E-state index contributed by atoms with van der Waals surface area (Å²) in [5.41, 5.74) is 5.43. The van der Waals surface area contributed by atoms with Gasteiger partial charge in [-0.3, -0.25) is 4.79 Å². The number of amides is 1. The van der Waals surface area contributed by atoms with E-state index in [9.17, 15) is 9.90 Å². The standard InChI is InChI=1S/C28H28Cl2N4O3/c1-15-27(16(2)37-32-15)17-3-10-24-23(13-17)31-28(34(24)18-4-7-20(35)8-5-18)25-11-12-26(36)33(25)19-6-9-21(29)22(30)14-19/h3,6,9-10,13-14,18,20,25,35H,4-5,7-8,11-12H2,1-2H3. The lowest BCUT2D eigenvalue weighted by molar-refractivity contribution is -0.117. The lowest BCUT2D eigenvalue weighted by atomic mass is 9.92. The molecule has 2 aliphatic rings. The molecule has 7 nitrogen and oxygen atoms in total. The Bertz CT molecular complexity index is 1480. The minimum atomic E-state index is -0.263. The summed E-state index contributed by atoms with van der Waals surface area (Å²) in [4.78, 5) is 20.1. The van der Waals surface area contributed by atoms with Crippen LogP contribution in [0.5, 0.6) is 0 Å². The Labute approximate surface area is 225 Å². The van der Waals surface area contributed by atoms with Gasteiger partial charge in [0.1, 0.15) is 11.6 Å². The van der Waals surface area contributed by atoms with Gasteiger partial charge >= 0.3 is 0 Å². The fraction of sp³-hybridized carbons (Fsp3) is 0.393. The maximum absolute atomic E-state index is 13.1. The van der Waals surface area contributed by atoms with Crippen molar-refractivity contribution >= 4 is 45.8 Å². The van der Waals surface area contributed by atoms with E-state index in [-0.39, 0.29) is 24.1 Å². The van der Waals surface area contributed by atoms with Gasteiger partial charge in [-0.05, 0) is 81.8 Å². The number of carbonyl (C=O) groups excluding carboxylic acids is 1. The molecular weight excluding hydrogens is 511 g/mol. The molecule has 1 aliphatic carbocycles. The Balaban J connectivity index is 1.50. The van der Waals surface area contributed by atoms with Crippen molar-refractivity contribution < 1.29 is 14.4 Å². The fourth-order valence-corrected chi connectivity index (χ4v) is 6.28. The molecule has 1 unspecified atom stereocenters. The van der Waals surface area contributed by atoms with Gasteiger partial charge in [0.05, 0.1) is 38.9 Å². The van der Waals surface area contributed by atoms with Crippen LogP contribution in [0, 0.1) is 13.8 Å². The van der Waals surface area contributed by atoms with E-state index in [0.29, 0.717) is 22.9 Å². The SMILES string of the molecule is Cc1noc(C)c1-c1ccc2c(c1)nc(C1CCC(=O)N1c1ccc(Cl)c(Cl)c1)n2C1CCC(O)CC1. The number of benzene rings is 2. The molecule has 0 radical (unpaired) electrons. The highest BCUT2D eigenvalue weighted by Gasteiger charge is 2.38. The summed E-state index contributed by atoms with van der Waals surface area (Å²) >= 11 is 12.5. The number of aryl methyl sites for hydroxylation is 2. The zero-order valence-corrected chi connectivity index (χ0v) is 22.3. The molecule has 2 aromatic heterocycles. The number of nitrogens with zero attached hydrogens (tertiary/aromatic N) is 4. The highest BCUT2D eigenvalue weighted by molar-refractivity contribution is 6.42. The summed E-state index contributed by atoms with van der Waals surface area (Å²) in [6.45, 7) is 3.85. The van der Waals surface area contributed by atoms with Crippen molar-refractivity contribution in [2.75, 3.05) is 4.90 Å². The smallest absolute Gasteiger partial charge is 0.227 e. The first-order valence-corrected chi connectivity index (χ1v) is 13.5. The van der Waals surface area contributed by atoms with Gasteiger partial charge < -0.3 is 19.1 Å². The van der Waals surface area contributed by atoms with E-state index in [4.69, 9.17) is 32.7 Å². The van der Waals surface area contributed by atoms with Gasteiger partial charge in [0, 0.05) is 23.7 Å². The second-order valence-corrected chi connectivity index (χ2v) is 10.9. The highest BCUT2D eigenvalue weighted by atomic mass is 35.5. The predicted molar refractivity (Wildman–Crippen MR) is 144 cm³/mol. The Morgan fingerprint density at radius 3 is 2.49 bits per heavy atom.